The molecule has 0 unspecified atom stereocenters. The Morgan fingerprint density at radius 2 is 1.73 bits per heavy atom. The van der Waals surface area contributed by atoms with Gasteiger partial charge in [0.05, 0.1) is 0 Å². The first-order valence-electron chi connectivity index (χ1n) is 6.71. The van der Waals surface area contributed by atoms with Crippen molar-refractivity contribution in [3.05, 3.63) is 0 Å². The lowest BCUT2D eigenvalue weighted by Gasteiger charge is -2.35. The lowest BCUT2D eigenvalue weighted by atomic mass is 9.90. The van der Waals surface area contributed by atoms with Gasteiger partial charge in [0, 0.05) is 12.1 Å². The summed E-state index contributed by atoms with van der Waals surface area (Å²) in [6, 6.07) is 1.65. The molecule has 1 N–H and O–H groups in total. The van der Waals surface area contributed by atoms with Gasteiger partial charge in [-0.05, 0) is 58.7 Å². The van der Waals surface area contributed by atoms with Crippen molar-refractivity contribution in [2.45, 2.75) is 64.5 Å². The summed E-state index contributed by atoms with van der Waals surface area (Å²) in [5.41, 5.74) is 0. The quantitative estimate of drug-likeness (QED) is 0.728. The number of hydrogen-bond donors (Lipinski definition) is 1. The first kappa shape index (κ1) is 13.0. The Labute approximate surface area is 95.4 Å². The molecule has 0 aliphatic heterocycles. The second-order valence-corrected chi connectivity index (χ2v) is 4.94. The van der Waals surface area contributed by atoms with Gasteiger partial charge >= 0.3 is 0 Å². The Kier molecular flexibility index (Phi) is 6.26. The van der Waals surface area contributed by atoms with Gasteiger partial charge in [-0.25, -0.2) is 0 Å². The van der Waals surface area contributed by atoms with E-state index in [1.807, 2.05) is 0 Å². The third-order valence-corrected chi connectivity index (χ3v) is 3.58. The molecule has 0 aromatic carbocycles. The lowest BCUT2D eigenvalue weighted by molar-refractivity contribution is 0.174. The molecule has 0 atom stereocenters. The van der Waals surface area contributed by atoms with E-state index >= 15 is 0 Å². The largest absolute Gasteiger partial charge is 0.314 e. The molecule has 1 aliphatic rings. The summed E-state index contributed by atoms with van der Waals surface area (Å²) in [5, 5.41) is 3.64. The second kappa shape index (κ2) is 7.24. The van der Waals surface area contributed by atoms with Crippen molar-refractivity contribution in [1.29, 1.82) is 0 Å². The molecule has 0 bridgehead atoms. The zero-order chi connectivity index (χ0) is 11.1. The van der Waals surface area contributed by atoms with E-state index in [2.05, 4.69) is 31.1 Å². The van der Waals surface area contributed by atoms with Crippen LogP contribution < -0.4 is 5.32 Å². The van der Waals surface area contributed by atoms with Crippen LogP contribution in [0.4, 0.5) is 0 Å². The number of rotatable bonds is 6. The molecule has 1 rings (SSSR count). The highest BCUT2D eigenvalue weighted by atomic mass is 15.1. The predicted octanol–water partition coefficient (Wildman–Crippen LogP) is 2.64. The topological polar surface area (TPSA) is 15.3 Å². The molecule has 0 radical (unpaired) electrons. The minimum Gasteiger partial charge on any atom is -0.314 e. The Balaban J connectivity index is 2.17. The maximum absolute atomic E-state index is 3.64. The third kappa shape index (κ3) is 4.52. The average Bonchev–Trinajstić information content (AvgIpc) is 2.27. The second-order valence-electron chi connectivity index (χ2n) is 4.94. The molecule has 2 heteroatoms. The first-order valence-corrected chi connectivity index (χ1v) is 6.71. The number of nitrogens with one attached hydrogen (secondary N) is 1. The molecule has 15 heavy (non-hydrogen) atoms. The number of nitrogens with zero attached hydrogens (tertiary/aromatic N) is 1. The molecule has 2 nitrogen and oxygen atoms in total. The standard InChI is InChI=1S/C13H28N2/c1-4-10-14-12-6-8-13(9-7-12)15(3)11-5-2/h12-14H,4-11H2,1-3H3. The van der Waals surface area contributed by atoms with Crippen molar-refractivity contribution in [2.75, 3.05) is 20.1 Å². The molecule has 1 fully saturated rings. The van der Waals surface area contributed by atoms with Gasteiger partial charge in [0.25, 0.3) is 0 Å². The molecule has 1 saturated carbocycles. The third-order valence-electron chi connectivity index (χ3n) is 3.58. The minimum absolute atomic E-state index is 0.802. The van der Waals surface area contributed by atoms with Gasteiger partial charge in [-0.3, -0.25) is 0 Å². The van der Waals surface area contributed by atoms with Crippen molar-refractivity contribution in [3.63, 3.8) is 0 Å². The summed E-state index contributed by atoms with van der Waals surface area (Å²) in [6.07, 6.45) is 8.06. The molecule has 0 amide bonds. The van der Waals surface area contributed by atoms with Crippen LogP contribution in [0, 0.1) is 0 Å². The maximum Gasteiger partial charge on any atom is 0.00933 e. The van der Waals surface area contributed by atoms with E-state index in [9.17, 15) is 0 Å². The van der Waals surface area contributed by atoms with Crippen LogP contribution in [0.25, 0.3) is 0 Å². The molecule has 0 aromatic heterocycles. The van der Waals surface area contributed by atoms with Gasteiger partial charge in [-0.2, -0.15) is 0 Å². The van der Waals surface area contributed by atoms with E-state index in [0.717, 1.165) is 12.1 Å². The summed E-state index contributed by atoms with van der Waals surface area (Å²) in [7, 11) is 2.29. The van der Waals surface area contributed by atoms with Gasteiger partial charge < -0.3 is 10.2 Å². The van der Waals surface area contributed by atoms with E-state index in [1.54, 1.807) is 0 Å². The zero-order valence-corrected chi connectivity index (χ0v) is 10.8. The molecule has 0 spiro atoms. The van der Waals surface area contributed by atoms with Crippen LogP contribution in [0.3, 0.4) is 0 Å². The van der Waals surface area contributed by atoms with Crippen LogP contribution in [-0.2, 0) is 0 Å². The van der Waals surface area contributed by atoms with Crippen LogP contribution in [-0.4, -0.2) is 37.1 Å². The summed E-state index contributed by atoms with van der Waals surface area (Å²) < 4.78 is 0. The zero-order valence-electron chi connectivity index (χ0n) is 10.8. The van der Waals surface area contributed by atoms with Crippen LogP contribution in [0.1, 0.15) is 52.4 Å². The van der Waals surface area contributed by atoms with E-state index < -0.39 is 0 Å². The fourth-order valence-corrected chi connectivity index (χ4v) is 2.60. The fraction of sp³-hybridized carbons (Fsp3) is 1.00. The summed E-state index contributed by atoms with van der Waals surface area (Å²) in [5.74, 6) is 0. The highest BCUT2D eigenvalue weighted by Crippen LogP contribution is 2.22. The molecule has 1 aliphatic carbocycles. The van der Waals surface area contributed by atoms with Crippen LogP contribution in [0.15, 0.2) is 0 Å². The van der Waals surface area contributed by atoms with E-state index in [4.69, 9.17) is 0 Å². The molecule has 0 heterocycles. The van der Waals surface area contributed by atoms with E-state index in [0.29, 0.717) is 0 Å². The minimum atomic E-state index is 0.802. The van der Waals surface area contributed by atoms with Gasteiger partial charge in [0.2, 0.25) is 0 Å². The Bertz CT molecular complexity index is 151. The molecular weight excluding hydrogens is 184 g/mol. The van der Waals surface area contributed by atoms with E-state index in [-0.39, 0.29) is 0 Å². The average molecular weight is 212 g/mol. The Morgan fingerprint density at radius 3 is 2.27 bits per heavy atom. The van der Waals surface area contributed by atoms with Gasteiger partial charge in [0.15, 0.2) is 0 Å². The van der Waals surface area contributed by atoms with Gasteiger partial charge in [-0.1, -0.05) is 13.8 Å². The highest BCUT2D eigenvalue weighted by molar-refractivity contribution is 4.81. The van der Waals surface area contributed by atoms with Crippen LogP contribution in [0.5, 0.6) is 0 Å². The molecule has 90 valence electrons. The number of hydrogen-bond acceptors (Lipinski definition) is 2. The molecule has 0 aromatic rings. The smallest absolute Gasteiger partial charge is 0.00933 e. The molecular formula is C13H28N2. The monoisotopic (exact) mass is 212 g/mol. The van der Waals surface area contributed by atoms with Crippen molar-refractivity contribution < 1.29 is 0 Å². The SMILES string of the molecule is CCCNC1CCC(N(C)CCC)CC1. The fourth-order valence-electron chi connectivity index (χ4n) is 2.60. The summed E-state index contributed by atoms with van der Waals surface area (Å²) in [4.78, 5) is 2.55. The van der Waals surface area contributed by atoms with Gasteiger partial charge in [-0.15, -0.1) is 0 Å². The van der Waals surface area contributed by atoms with Crippen molar-refractivity contribution in [2.24, 2.45) is 0 Å². The first-order chi connectivity index (χ1) is 7.27. The van der Waals surface area contributed by atoms with Crippen molar-refractivity contribution >= 4 is 0 Å². The van der Waals surface area contributed by atoms with Crippen LogP contribution >= 0.6 is 0 Å². The predicted molar refractivity (Wildman–Crippen MR) is 67.3 cm³/mol. The van der Waals surface area contributed by atoms with E-state index in [1.165, 1.54) is 51.6 Å². The lowest BCUT2D eigenvalue weighted by Crippen LogP contribution is -2.41. The van der Waals surface area contributed by atoms with Gasteiger partial charge in [0.1, 0.15) is 0 Å². The summed E-state index contributed by atoms with van der Waals surface area (Å²) in [6.45, 7) is 6.97. The van der Waals surface area contributed by atoms with Crippen LogP contribution in [0.2, 0.25) is 0 Å². The molecule has 0 saturated heterocycles. The summed E-state index contributed by atoms with van der Waals surface area (Å²) >= 11 is 0. The van der Waals surface area contributed by atoms with Crippen molar-refractivity contribution in [1.82, 2.24) is 10.2 Å². The Morgan fingerprint density at radius 1 is 1.07 bits per heavy atom. The normalized spacial score (nSPS) is 27.2. The van der Waals surface area contributed by atoms with Crippen molar-refractivity contribution in [3.8, 4) is 0 Å². The maximum atomic E-state index is 3.64. The highest BCUT2D eigenvalue weighted by Gasteiger charge is 2.22. The Hall–Kier alpha value is -0.0800.